The predicted octanol–water partition coefficient (Wildman–Crippen LogP) is 4.77. The van der Waals surface area contributed by atoms with Crippen LogP contribution in [0.4, 0.5) is 0 Å². The number of carbonyl (C=O) groups excluding carboxylic acids is 1. The molecule has 1 heterocycles. The van der Waals surface area contributed by atoms with E-state index in [0.29, 0.717) is 19.6 Å². The first-order valence-corrected chi connectivity index (χ1v) is 9.65. The molecule has 0 amide bonds. The standard InChI is InChI=1S/C23H28O4/c1-4-25-21-9-6-18(7-10-21)13-20-14-19(8-5-16(20)2)23-15-22(11-12-26-23)27-17(3)24/h5-10,14,22-23H,4,11-13,15H2,1-3H3. The highest BCUT2D eigenvalue weighted by atomic mass is 16.6. The molecule has 144 valence electrons. The highest BCUT2D eigenvalue weighted by Crippen LogP contribution is 2.31. The van der Waals surface area contributed by atoms with E-state index in [9.17, 15) is 4.79 Å². The lowest BCUT2D eigenvalue weighted by Crippen LogP contribution is -2.27. The Balaban J connectivity index is 1.72. The van der Waals surface area contributed by atoms with Gasteiger partial charge in [-0.05, 0) is 54.7 Å². The number of hydrogen-bond acceptors (Lipinski definition) is 4. The van der Waals surface area contributed by atoms with Gasteiger partial charge in [0.15, 0.2) is 0 Å². The van der Waals surface area contributed by atoms with Crippen molar-refractivity contribution >= 4 is 5.97 Å². The molecule has 0 aliphatic carbocycles. The number of rotatable bonds is 6. The van der Waals surface area contributed by atoms with Crippen molar-refractivity contribution in [2.75, 3.05) is 13.2 Å². The Hall–Kier alpha value is -2.33. The molecule has 3 rings (SSSR count). The molecule has 1 aliphatic heterocycles. The molecule has 2 atom stereocenters. The van der Waals surface area contributed by atoms with Gasteiger partial charge in [0.05, 0.1) is 19.3 Å². The van der Waals surface area contributed by atoms with Gasteiger partial charge in [-0.3, -0.25) is 4.79 Å². The maximum atomic E-state index is 11.3. The van der Waals surface area contributed by atoms with Crippen LogP contribution in [0.25, 0.3) is 0 Å². The number of carbonyl (C=O) groups is 1. The fraction of sp³-hybridized carbons (Fsp3) is 0.435. The van der Waals surface area contributed by atoms with E-state index in [2.05, 4.69) is 37.3 Å². The molecule has 2 unspecified atom stereocenters. The molecule has 1 saturated heterocycles. The second kappa shape index (κ2) is 9.05. The smallest absolute Gasteiger partial charge is 0.302 e. The van der Waals surface area contributed by atoms with E-state index in [1.165, 1.54) is 23.6 Å². The summed E-state index contributed by atoms with van der Waals surface area (Å²) in [6.07, 6.45) is 2.26. The van der Waals surface area contributed by atoms with Crippen LogP contribution in [0.15, 0.2) is 42.5 Å². The van der Waals surface area contributed by atoms with Gasteiger partial charge in [-0.15, -0.1) is 0 Å². The summed E-state index contributed by atoms with van der Waals surface area (Å²) in [5.41, 5.74) is 4.95. The van der Waals surface area contributed by atoms with Crippen LogP contribution in [0.3, 0.4) is 0 Å². The maximum absolute atomic E-state index is 11.3. The Morgan fingerprint density at radius 2 is 1.96 bits per heavy atom. The van der Waals surface area contributed by atoms with E-state index < -0.39 is 0 Å². The van der Waals surface area contributed by atoms with E-state index in [0.717, 1.165) is 24.2 Å². The Morgan fingerprint density at radius 1 is 1.19 bits per heavy atom. The number of hydrogen-bond donors (Lipinski definition) is 0. The van der Waals surface area contributed by atoms with Crippen molar-refractivity contribution in [2.24, 2.45) is 0 Å². The summed E-state index contributed by atoms with van der Waals surface area (Å²) in [4.78, 5) is 11.3. The van der Waals surface area contributed by atoms with Gasteiger partial charge in [0, 0.05) is 19.8 Å². The van der Waals surface area contributed by atoms with Crippen LogP contribution >= 0.6 is 0 Å². The van der Waals surface area contributed by atoms with Crippen molar-refractivity contribution in [3.63, 3.8) is 0 Å². The lowest BCUT2D eigenvalue weighted by Gasteiger charge is -2.29. The van der Waals surface area contributed by atoms with Crippen molar-refractivity contribution in [3.05, 3.63) is 64.7 Å². The Bertz CT molecular complexity index is 766. The molecule has 2 aromatic rings. The fourth-order valence-corrected chi connectivity index (χ4v) is 3.51. The third kappa shape index (κ3) is 5.33. The molecular weight excluding hydrogens is 340 g/mol. The Morgan fingerprint density at radius 3 is 2.67 bits per heavy atom. The van der Waals surface area contributed by atoms with Crippen LogP contribution in [0.1, 0.15) is 55.0 Å². The number of aryl methyl sites for hydroxylation is 1. The second-order valence-corrected chi connectivity index (χ2v) is 7.05. The number of ether oxygens (including phenoxy) is 3. The summed E-state index contributed by atoms with van der Waals surface area (Å²) in [6, 6.07) is 14.8. The van der Waals surface area contributed by atoms with E-state index in [-0.39, 0.29) is 18.2 Å². The van der Waals surface area contributed by atoms with Gasteiger partial charge in [-0.1, -0.05) is 30.3 Å². The summed E-state index contributed by atoms with van der Waals surface area (Å²) in [7, 11) is 0. The normalized spacial score (nSPS) is 19.5. The van der Waals surface area contributed by atoms with E-state index in [4.69, 9.17) is 14.2 Å². The summed E-state index contributed by atoms with van der Waals surface area (Å²) in [5, 5.41) is 0. The first-order valence-electron chi connectivity index (χ1n) is 9.65. The average molecular weight is 368 g/mol. The molecule has 0 bridgehead atoms. The van der Waals surface area contributed by atoms with Crippen molar-refractivity contribution < 1.29 is 19.0 Å². The zero-order valence-corrected chi connectivity index (χ0v) is 16.4. The third-order valence-corrected chi connectivity index (χ3v) is 4.94. The van der Waals surface area contributed by atoms with Crippen LogP contribution < -0.4 is 4.74 Å². The topological polar surface area (TPSA) is 44.8 Å². The molecule has 4 nitrogen and oxygen atoms in total. The number of benzene rings is 2. The monoisotopic (exact) mass is 368 g/mol. The van der Waals surface area contributed by atoms with Crippen molar-refractivity contribution in [2.45, 2.75) is 52.2 Å². The molecule has 1 aliphatic rings. The molecule has 0 spiro atoms. The highest BCUT2D eigenvalue weighted by Gasteiger charge is 2.26. The van der Waals surface area contributed by atoms with Crippen LogP contribution in [-0.2, 0) is 20.7 Å². The van der Waals surface area contributed by atoms with Gasteiger partial charge in [0.25, 0.3) is 0 Å². The van der Waals surface area contributed by atoms with Gasteiger partial charge in [-0.2, -0.15) is 0 Å². The lowest BCUT2D eigenvalue weighted by molar-refractivity contribution is -0.153. The SMILES string of the molecule is CCOc1ccc(Cc2cc(C3CC(OC(C)=O)CCO3)ccc2C)cc1. The van der Waals surface area contributed by atoms with Gasteiger partial charge in [-0.25, -0.2) is 0 Å². The quantitative estimate of drug-likeness (QED) is 0.689. The van der Waals surface area contributed by atoms with Crippen molar-refractivity contribution in [3.8, 4) is 5.75 Å². The molecule has 0 radical (unpaired) electrons. The van der Waals surface area contributed by atoms with Gasteiger partial charge in [0.1, 0.15) is 11.9 Å². The first kappa shape index (κ1) is 19.4. The first-order chi connectivity index (χ1) is 13.0. The maximum Gasteiger partial charge on any atom is 0.302 e. The summed E-state index contributed by atoms with van der Waals surface area (Å²) in [6.45, 7) is 6.88. The van der Waals surface area contributed by atoms with Gasteiger partial charge < -0.3 is 14.2 Å². The molecule has 2 aromatic carbocycles. The molecule has 0 N–H and O–H groups in total. The van der Waals surface area contributed by atoms with Crippen LogP contribution in [-0.4, -0.2) is 25.3 Å². The third-order valence-electron chi connectivity index (χ3n) is 4.94. The fourth-order valence-electron chi connectivity index (χ4n) is 3.51. The molecule has 1 fully saturated rings. The second-order valence-electron chi connectivity index (χ2n) is 7.05. The van der Waals surface area contributed by atoms with Crippen molar-refractivity contribution in [1.82, 2.24) is 0 Å². The zero-order chi connectivity index (χ0) is 19.2. The van der Waals surface area contributed by atoms with Crippen LogP contribution in [0, 0.1) is 6.92 Å². The van der Waals surface area contributed by atoms with Crippen LogP contribution in [0.5, 0.6) is 5.75 Å². The largest absolute Gasteiger partial charge is 0.494 e. The minimum atomic E-state index is -0.222. The molecule has 0 saturated carbocycles. The lowest BCUT2D eigenvalue weighted by atomic mass is 9.93. The zero-order valence-electron chi connectivity index (χ0n) is 16.4. The van der Waals surface area contributed by atoms with E-state index >= 15 is 0 Å². The van der Waals surface area contributed by atoms with Crippen molar-refractivity contribution in [1.29, 1.82) is 0 Å². The minimum Gasteiger partial charge on any atom is -0.494 e. The average Bonchev–Trinajstić information content (AvgIpc) is 2.65. The number of esters is 1. The molecule has 27 heavy (non-hydrogen) atoms. The van der Waals surface area contributed by atoms with E-state index in [1.807, 2.05) is 19.1 Å². The summed E-state index contributed by atoms with van der Waals surface area (Å²) in [5.74, 6) is 0.680. The molecular formula is C23H28O4. The summed E-state index contributed by atoms with van der Waals surface area (Å²) >= 11 is 0. The molecule has 4 heteroatoms. The van der Waals surface area contributed by atoms with Gasteiger partial charge in [0.2, 0.25) is 0 Å². The molecule has 0 aromatic heterocycles. The minimum absolute atomic E-state index is 0.0252. The highest BCUT2D eigenvalue weighted by molar-refractivity contribution is 5.66. The van der Waals surface area contributed by atoms with Gasteiger partial charge >= 0.3 is 5.97 Å². The van der Waals surface area contributed by atoms with Crippen LogP contribution in [0.2, 0.25) is 0 Å². The predicted molar refractivity (Wildman–Crippen MR) is 105 cm³/mol. The Kier molecular flexibility index (Phi) is 6.51. The Labute approximate surface area is 161 Å². The van der Waals surface area contributed by atoms with E-state index in [1.54, 1.807) is 0 Å². The summed E-state index contributed by atoms with van der Waals surface area (Å²) < 4.78 is 16.9.